The Kier molecular flexibility index (Phi) is 4.19. The molecule has 0 spiro atoms. The molecule has 1 aromatic heterocycles. The quantitative estimate of drug-likeness (QED) is 0.552. The lowest BCUT2D eigenvalue weighted by molar-refractivity contribution is 0.964. The number of nitrogens with one attached hydrogen (secondary N) is 1. The molecule has 0 unspecified atom stereocenters. The van der Waals surface area contributed by atoms with Crippen LogP contribution in [0, 0.1) is 6.92 Å². The van der Waals surface area contributed by atoms with Crippen LogP contribution < -0.4 is 10.9 Å². The standard InChI is InChI=1S/C21H16ClN3O/c1-14-7-5-6-10-19(14)25-20(26)17-13-15(22)11-12-18(17)24-21(25)23-16-8-3-2-4-9-16/h2-13H,1H3,(H,23,24). The number of aromatic nitrogens is 2. The van der Waals surface area contributed by atoms with Gasteiger partial charge >= 0.3 is 0 Å². The third-order valence-electron chi connectivity index (χ3n) is 4.22. The lowest BCUT2D eigenvalue weighted by atomic mass is 10.2. The molecule has 26 heavy (non-hydrogen) atoms. The predicted molar refractivity (Wildman–Crippen MR) is 107 cm³/mol. The Labute approximate surface area is 155 Å². The van der Waals surface area contributed by atoms with E-state index in [0.29, 0.717) is 21.9 Å². The Hall–Kier alpha value is -3.11. The van der Waals surface area contributed by atoms with Crippen molar-refractivity contribution < 1.29 is 0 Å². The molecule has 0 saturated heterocycles. The summed E-state index contributed by atoms with van der Waals surface area (Å²) in [5, 5.41) is 4.26. The normalized spacial score (nSPS) is 10.8. The van der Waals surface area contributed by atoms with Gasteiger partial charge in [0.2, 0.25) is 5.95 Å². The van der Waals surface area contributed by atoms with Crippen molar-refractivity contribution in [1.82, 2.24) is 9.55 Å². The maximum absolute atomic E-state index is 13.3. The minimum Gasteiger partial charge on any atom is -0.325 e. The largest absolute Gasteiger partial charge is 0.325 e. The lowest BCUT2D eigenvalue weighted by Crippen LogP contribution is -2.23. The van der Waals surface area contributed by atoms with Crippen LogP contribution in [-0.2, 0) is 0 Å². The molecule has 0 fully saturated rings. The van der Waals surface area contributed by atoms with E-state index >= 15 is 0 Å². The number of hydrogen-bond donors (Lipinski definition) is 1. The molecule has 0 amide bonds. The molecule has 0 atom stereocenters. The van der Waals surface area contributed by atoms with E-state index in [0.717, 1.165) is 16.9 Å². The van der Waals surface area contributed by atoms with Crippen molar-refractivity contribution in [2.45, 2.75) is 6.92 Å². The first-order chi connectivity index (χ1) is 12.6. The van der Waals surface area contributed by atoms with Crippen molar-refractivity contribution in [2.75, 3.05) is 5.32 Å². The summed E-state index contributed by atoms with van der Waals surface area (Å²) in [6, 6.07) is 22.5. The third-order valence-corrected chi connectivity index (χ3v) is 4.45. The van der Waals surface area contributed by atoms with Crippen LogP contribution in [0.5, 0.6) is 0 Å². The average molecular weight is 362 g/mol. The van der Waals surface area contributed by atoms with Crippen LogP contribution in [-0.4, -0.2) is 9.55 Å². The summed E-state index contributed by atoms with van der Waals surface area (Å²) in [6.07, 6.45) is 0. The Bertz CT molecular complexity index is 1150. The minimum absolute atomic E-state index is 0.162. The smallest absolute Gasteiger partial charge is 0.267 e. The molecule has 0 aliphatic carbocycles. The molecule has 4 aromatic rings. The highest BCUT2D eigenvalue weighted by Gasteiger charge is 2.14. The lowest BCUT2D eigenvalue weighted by Gasteiger charge is -2.16. The fraction of sp³-hybridized carbons (Fsp3) is 0.0476. The molecule has 0 aliphatic heterocycles. The molecule has 4 nitrogen and oxygen atoms in total. The minimum atomic E-state index is -0.162. The van der Waals surface area contributed by atoms with Crippen molar-refractivity contribution in [3.63, 3.8) is 0 Å². The van der Waals surface area contributed by atoms with Crippen LogP contribution in [0.1, 0.15) is 5.56 Å². The Morgan fingerprint density at radius 2 is 1.69 bits per heavy atom. The number of fused-ring (bicyclic) bond motifs is 1. The van der Waals surface area contributed by atoms with Gasteiger partial charge in [-0.1, -0.05) is 48.0 Å². The summed E-state index contributed by atoms with van der Waals surface area (Å²) in [5.41, 5.74) is 3.06. The first kappa shape index (κ1) is 16.4. The predicted octanol–water partition coefficient (Wildman–Crippen LogP) is 5.09. The summed E-state index contributed by atoms with van der Waals surface area (Å²) in [6.45, 7) is 1.97. The third kappa shape index (κ3) is 2.95. The van der Waals surface area contributed by atoms with E-state index in [9.17, 15) is 4.79 Å². The van der Waals surface area contributed by atoms with Gasteiger partial charge in [-0.2, -0.15) is 0 Å². The summed E-state index contributed by atoms with van der Waals surface area (Å²) >= 11 is 6.10. The summed E-state index contributed by atoms with van der Waals surface area (Å²) in [5.74, 6) is 0.463. The molecule has 3 aromatic carbocycles. The summed E-state index contributed by atoms with van der Waals surface area (Å²) < 4.78 is 1.60. The van der Waals surface area contributed by atoms with Crippen LogP contribution in [0.15, 0.2) is 77.6 Å². The van der Waals surface area contributed by atoms with Gasteiger partial charge in [0.05, 0.1) is 16.6 Å². The van der Waals surface area contributed by atoms with E-state index in [2.05, 4.69) is 10.3 Å². The van der Waals surface area contributed by atoms with Gasteiger partial charge in [-0.3, -0.25) is 4.79 Å². The first-order valence-electron chi connectivity index (χ1n) is 8.24. The fourth-order valence-electron chi connectivity index (χ4n) is 2.93. The Morgan fingerprint density at radius 3 is 2.46 bits per heavy atom. The van der Waals surface area contributed by atoms with Gasteiger partial charge in [0.25, 0.3) is 5.56 Å². The second kappa shape index (κ2) is 6.65. The molecule has 0 aliphatic rings. The molecule has 0 radical (unpaired) electrons. The van der Waals surface area contributed by atoms with Gasteiger partial charge in [-0.25, -0.2) is 9.55 Å². The molecule has 128 valence electrons. The zero-order valence-electron chi connectivity index (χ0n) is 14.1. The van der Waals surface area contributed by atoms with E-state index in [1.165, 1.54) is 0 Å². The van der Waals surface area contributed by atoms with Crippen molar-refractivity contribution in [1.29, 1.82) is 0 Å². The first-order valence-corrected chi connectivity index (χ1v) is 8.62. The number of hydrogen-bond acceptors (Lipinski definition) is 3. The number of aryl methyl sites for hydroxylation is 1. The second-order valence-corrected chi connectivity index (χ2v) is 6.45. The van der Waals surface area contributed by atoms with Gasteiger partial charge in [-0.05, 0) is 48.9 Å². The SMILES string of the molecule is Cc1ccccc1-n1c(Nc2ccccc2)nc2ccc(Cl)cc2c1=O. The van der Waals surface area contributed by atoms with E-state index in [1.54, 1.807) is 22.8 Å². The summed E-state index contributed by atoms with van der Waals surface area (Å²) in [7, 11) is 0. The van der Waals surface area contributed by atoms with Crippen molar-refractivity contribution in [3.8, 4) is 5.69 Å². The number of rotatable bonds is 3. The van der Waals surface area contributed by atoms with E-state index in [4.69, 9.17) is 11.6 Å². The van der Waals surface area contributed by atoms with Gasteiger partial charge in [0, 0.05) is 10.7 Å². The molecular formula is C21H16ClN3O. The van der Waals surface area contributed by atoms with Crippen molar-refractivity contribution in [2.24, 2.45) is 0 Å². The van der Waals surface area contributed by atoms with Crippen LogP contribution in [0.2, 0.25) is 5.02 Å². The van der Waals surface area contributed by atoms with Crippen molar-refractivity contribution >= 4 is 34.1 Å². The highest BCUT2D eigenvalue weighted by Crippen LogP contribution is 2.23. The van der Waals surface area contributed by atoms with Gasteiger partial charge < -0.3 is 5.32 Å². The number of para-hydroxylation sites is 2. The molecule has 0 saturated carbocycles. The van der Waals surface area contributed by atoms with Crippen LogP contribution in [0.3, 0.4) is 0 Å². The van der Waals surface area contributed by atoms with E-state index in [-0.39, 0.29) is 5.56 Å². The second-order valence-electron chi connectivity index (χ2n) is 6.01. The topological polar surface area (TPSA) is 46.9 Å². The van der Waals surface area contributed by atoms with Crippen LogP contribution >= 0.6 is 11.6 Å². The van der Waals surface area contributed by atoms with Gasteiger partial charge in [0.1, 0.15) is 0 Å². The van der Waals surface area contributed by atoms with Crippen molar-refractivity contribution in [3.05, 3.63) is 93.7 Å². The number of nitrogens with zero attached hydrogens (tertiary/aromatic N) is 2. The maximum Gasteiger partial charge on any atom is 0.267 e. The fourth-order valence-corrected chi connectivity index (χ4v) is 3.10. The zero-order valence-corrected chi connectivity index (χ0v) is 14.9. The zero-order chi connectivity index (χ0) is 18.1. The van der Waals surface area contributed by atoms with E-state index < -0.39 is 0 Å². The van der Waals surface area contributed by atoms with Gasteiger partial charge in [-0.15, -0.1) is 0 Å². The molecule has 1 heterocycles. The van der Waals surface area contributed by atoms with Crippen LogP contribution in [0.4, 0.5) is 11.6 Å². The number of benzene rings is 3. The Morgan fingerprint density at radius 1 is 0.962 bits per heavy atom. The number of anilines is 2. The molecule has 1 N–H and O–H groups in total. The van der Waals surface area contributed by atoms with Crippen LogP contribution in [0.25, 0.3) is 16.6 Å². The molecule has 4 rings (SSSR count). The maximum atomic E-state index is 13.3. The summed E-state index contributed by atoms with van der Waals surface area (Å²) in [4.78, 5) is 18.0. The monoisotopic (exact) mass is 361 g/mol. The van der Waals surface area contributed by atoms with Gasteiger partial charge in [0.15, 0.2) is 0 Å². The highest BCUT2D eigenvalue weighted by atomic mass is 35.5. The highest BCUT2D eigenvalue weighted by molar-refractivity contribution is 6.31. The molecule has 5 heteroatoms. The molecule has 0 bridgehead atoms. The Balaban J connectivity index is 2.02. The number of halogens is 1. The average Bonchev–Trinajstić information content (AvgIpc) is 2.65. The molecular weight excluding hydrogens is 346 g/mol. The van der Waals surface area contributed by atoms with E-state index in [1.807, 2.05) is 61.5 Å².